The van der Waals surface area contributed by atoms with E-state index in [1.54, 1.807) is 36.0 Å². The van der Waals surface area contributed by atoms with Gasteiger partial charge < -0.3 is 21.5 Å². The van der Waals surface area contributed by atoms with Crippen molar-refractivity contribution >= 4 is 56.0 Å². The van der Waals surface area contributed by atoms with Gasteiger partial charge in [-0.1, -0.05) is 54.6 Å². The van der Waals surface area contributed by atoms with Gasteiger partial charge in [-0.25, -0.2) is 0 Å². The maximum Gasteiger partial charge on any atom is 0.252 e. The number of hydrogen-bond acceptors (Lipinski definition) is 5. The molecular formula is C33H36BrN3O3S. The van der Waals surface area contributed by atoms with E-state index in [1.165, 1.54) is 10.8 Å². The van der Waals surface area contributed by atoms with Crippen molar-refractivity contribution in [2.75, 3.05) is 11.5 Å². The van der Waals surface area contributed by atoms with Gasteiger partial charge in [0.1, 0.15) is 0 Å². The van der Waals surface area contributed by atoms with Gasteiger partial charge in [0.2, 0.25) is 0 Å². The summed E-state index contributed by atoms with van der Waals surface area (Å²) >= 11 is 5.09. The summed E-state index contributed by atoms with van der Waals surface area (Å²) in [7, 11) is 0. The molecule has 5 N–H and O–H groups in total. The van der Waals surface area contributed by atoms with Crippen molar-refractivity contribution in [3.63, 3.8) is 0 Å². The normalized spacial score (nSPS) is 13.0. The van der Waals surface area contributed by atoms with E-state index in [2.05, 4.69) is 56.9 Å². The molecule has 0 bridgehead atoms. The Morgan fingerprint density at radius 3 is 2.34 bits per heavy atom. The van der Waals surface area contributed by atoms with E-state index in [0.29, 0.717) is 39.0 Å². The van der Waals surface area contributed by atoms with Gasteiger partial charge >= 0.3 is 0 Å². The van der Waals surface area contributed by atoms with E-state index in [1.807, 2.05) is 51.1 Å². The van der Waals surface area contributed by atoms with E-state index in [4.69, 9.17) is 5.73 Å². The number of nitrogens with two attached hydrogens (primary N) is 1. The summed E-state index contributed by atoms with van der Waals surface area (Å²) in [6, 6.07) is 26.4. The number of anilines is 1. The molecule has 0 spiro atoms. The number of fused-ring (bicyclic) bond motifs is 1. The van der Waals surface area contributed by atoms with Gasteiger partial charge in [-0.2, -0.15) is 0 Å². The van der Waals surface area contributed by atoms with Crippen LogP contribution in [0.15, 0.2) is 94.3 Å². The third-order valence-corrected chi connectivity index (χ3v) is 8.56. The number of rotatable bonds is 10. The first kappa shape index (κ1) is 30.6. The highest BCUT2D eigenvalue weighted by Gasteiger charge is 2.26. The summed E-state index contributed by atoms with van der Waals surface area (Å²) in [5.41, 5.74) is 7.69. The number of carbonyl (C=O) groups excluding carboxylic acids is 2. The number of thioether (sulfide) groups is 1. The maximum atomic E-state index is 13.3. The number of hydrogen-bond donors (Lipinski definition) is 4. The molecule has 0 saturated heterocycles. The molecule has 0 aliphatic heterocycles. The van der Waals surface area contributed by atoms with Crippen LogP contribution < -0.4 is 16.4 Å². The average Bonchev–Trinajstić information content (AvgIpc) is 2.93. The Morgan fingerprint density at radius 2 is 1.59 bits per heavy atom. The highest BCUT2D eigenvalue weighted by molar-refractivity contribution is 9.10. The zero-order valence-corrected chi connectivity index (χ0v) is 25.9. The molecule has 0 fully saturated rings. The van der Waals surface area contributed by atoms with Crippen molar-refractivity contribution in [3.05, 3.63) is 106 Å². The molecule has 2 amide bonds. The van der Waals surface area contributed by atoms with Gasteiger partial charge in [0.25, 0.3) is 11.8 Å². The number of halogens is 1. The molecule has 0 unspecified atom stereocenters. The summed E-state index contributed by atoms with van der Waals surface area (Å²) in [4.78, 5) is 27.4. The van der Waals surface area contributed by atoms with E-state index in [9.17, 15) is 14.7 Å². The number of aliphatic hydroxyl groups excluding tert-OH is 1. The van der Waals surface area contributed by atoms with Crippen LogP contribution >= 0.6 is 27.7 Å². The monoisotopic (exact) mass is 633 g/mol. The van der Waals surface area contributed by atoms with Gasteiger partial charge in [-0.3, -0.25) is 9.59 Å². The summed E-state index contributed by atoms with van der Waals surface area (Å²) in [6.45, 7) is 5.78. The van der Waals surface area contributed by atoms with Crippen LogP contribution in [0.4, 0.5) is 5.69 Å². The van der Waals surface area contributed by atoms with Crippen molar-refractivity contribution < 1.29 is 14.7 Å². The van der Waals surface area contributed by atoms with E-state index in [0.717, 1.165) is 4.90 Å². The lowest BCUT2D eigenvalue weighted by Crippen LogP contribution is -2.45. The van der Waals surface area contributed by atoms with Crippen LogP contribution in [0.2, 0.25) is 0 Å². The van der Waals surface area contributed by atoms with Crippen molar-refractivity contribution in [1.29, 1.82) is 0 Å². The first-order valence-electron chi connectivity index (χ1n) is 13.6. The molecule has 0 saturated carbocycles. The Hall–Kier alpha value is -3.33. The minimum absolute atomic E-state index is 0.198. The molecule has 0 radical (unpaired) electrons. The minimum atomic E-state index is -0.931. The van der Waals surface area contributed by atoms with Crippen LogP contribution in [0, 0.1) is 0 Å². The number of benzene rings is 4. The molecule has 4 aromatic rings. The molecule has 4 rings (SSSR count). The van der Waals surface area contributed by atoms with Crippen molar-refractivity contribution in [2.45, 2.75) is 56.2 Å². The molecule has 6 nitrogen and oxygen atoms in total. The van der Waals surface area contributed by atoms with E-state index >= 15 is 0 Å². The molecular weight excluding hydrogens is 598 g/mol. The molecule has 0 aliphatic rings. The van der Waals surface area contributed by atoms with E-state index in [-0.39, 0.29) is 18.2 Å². The SMILES string of the molecule is CC(C)(C)NC(=O)c1ccccc1C[C@@H](O)[C@H](CCSc1ccc2ccccc2c1)NC(=O)c1cccc(N)c1Br. The van der Waals surface area contributed by atoms with Crippen LogP contribution in [0.3, 0.4) is 0 Å². The maximum absolute atomic E-state index is 13.3. The molecule has 2 atom stereocenters. The molecule has 4 aromatic carbocycles. The van der Waals surface area contributed by atoms with Gasteiger partial charge in [0.15, 0.2) is 0 Å². The van der Waals surface area contributed by atoms with Gasteiger partial charge in [-0.05, 0) is 89.8 Å². The van der Waals surface area contributed by atoms with Crippen molar-refractivity contribution in [1.82, 2.24) is 10.6 Å². The zero-order chi connectivity index (χ0) is 29.6. The second kappa shape index (κ2) is 13.6. The quantitative estimate of drug-likeness (QED) is 0.116. The van der Waals surface area contributed by atoms with Gasteiger partial charge in [0.05, 0.1) is 22.2 Å². The van der Waals surface area contributed by atoms with Gasteiger partial charge in [0, 0.05) is 33.9 Å². The Labute approximate surface area is 254 Å². The number of aliphatic hydroxyl groups is 1. The van der Waals surface area contributed by atoms with Gasteiger partial charge in [-0.15, -0.1) is 11.8 Å². The summed E-state index contributed by atoms with van der Waals surface area (Å²) in [6.07, 6.45) is -0.211. The Bertz CT molecular complexity index is 1540. The number of nitrogen functional groups attached to an aromatic ring is 1. The predicted octanol–water partition coefficient (Wildman–Crippen LogP) is 6.60. The summed E-state index contributed by atoms with van der Waals surface area (Å²) in [5.74, 6) is 0.143. The summed E-state index contributed by atoms with van der Waals surface area (Å²) < 4.78 is 0.514. The van der Waals surface area contributed by atoms with Crippen molar-refractivity contribution in [3.8, 4) is 0 Å². The third-order valence-electron chi connectivity index (χ3n) is 6.65. The predicted molar refractivity (Wildman–Crippen MR) is 172 cm³/mol. The largest absolute Gasteiger partial charge is 0.398 e. The van der Waals surface area contributed by atoms with E-state index < -0.39 is 17.7 Å². The molecule has 41 heavy (non-hydrogen) atoms. The third kappa shape index (κ3) is 8.35. The minimum Gasteiger partial charge on any atom is -0.398 e. The zero-order valence-electron chi connectivity index (χ0n) is 23.5. The Morgan fingerprint density at radius 1 is 0.902 bits per heavy atom. The van der Waals surface area contributed by atoms with Crippen molar-refractivity contribution in [2.24, 2.45) is 0 Å². The standard InChI is InChI=1S/C33H36BrN3O3S/c1-33(2,3)37-32(40)25-12-7-6-11-23(25)20-29(38)28(36-31(39)26-13-8-14-27(35)30(26)34)17-18-41-24-16-15-21-9-4-5-10-22(21)19-24/h4-16,19,28-29,38H,17-18,20,35H2,1-3H3,(H,36,39)(H,37,40)/t28-,29+/m0/s1. The number of amides is 2. The first-order valence-corrected chi connectivity index (χ1v) is 15.3. The lowest BCUT2D eigenvalue weighted by molar-refractivity contribution is 0.0823. The fourth-order valence-electron chi connectivity index (χ4n) is 4.59. The molecule has 0 heterocycles. The fourth-order valence-corrected chi connectivity index (χ4v) is 6.01. The highest BCUT2D eigenvalue weighted by Crippen LogP contribution is 2.27. The number of carbonyl (C=O) groups is 2. The first-order chi connectivity index (χ1) is 19.5. The summed E-state index contributed by atoms with van der Waals surface area (Å²) in [5, 5.41) is 19.8. The Balaban J connectivity index is 1.53. The lowest BCUT2D eigenvalue weighted by Gasteiger charge is -2.26. The second-order valence-corrected chi connectivity index (χ2v) is 13.0. The molecule has 0 aromatic heterocycles. The Kier molecular flexibility index (Phi) is 10.1. The fraction of sp³-hybridized carbons (Fsp3) is 0.273. The van der Waals surface area contributed by atoms with Crippen LogP contribution in [-0.4, -0.2) is 40.4 Å². The van der Waals surface area contributed by atoms with Crippen LogP contribution in [-0.2, 0) is 6.42 Å². The second-order valence-electron chi connectivity index (χ2n) is 11.1. The van der Waals surface area contributed by atoms with Crippen LogP contribution in [0.25, 0.3) is 10.8 Å². The lowest BCUT2D eigenvalue weighted by atomic mass is 9.95. The number of nitrogens with one attached hydrogen (secondary N) is 2. The van der Waals surface area contributed by atoms with Crippen LogP contribution in [0.1, 0.15) is 53.5 Å². The average molecular weight is 635 g/mol. The molecule has 8 heteroatoms. The van der Waals surface area contributed by atoms with Crippen LogP contribution in [0.5, 0.6) is 0 Å². The molecule has 0 aliphatic carbocycles. The smallest absolute Gasteiger partial charge is 0.252 e. The topological polar surface area (TPSA) is 104 Å². The molecule has 214 valence electrons. The highest BCUT2D eigenvalue weighted by atomic mass is 79.9.